The zero-order valence-electron chi connectivity index (χ0n) is 16.0. The minimum atomic E-state index is 0.374. The molecule has 4 aromatic rings. The van der Waals surface area contributed by atoms with Gasteiger partial charge in [0.2, 0.25) is 0 Å². The average Bonchev–Trinajstić information content (AvgIpc) is 3.38. The molecule has 2 aromatic heterocycles. The first-order valence-electron chi connectivity index (χ1n) is 9.92. The zero-order chi connectivity index (χ0) is 18.9. The molecule has 0 aliphatic carbocycles. The predicted molar refractivity (Wildman–Crippen MR) is 110 cm³/mol. The van der Waals surface area contributed by atoms with Crippen molar-refractivity contribution < 1.29 is 4.42 Å². The smallest absolute Gasteiger partial charge is 0.157 e. The normalized spacial score (nSPS) is 19.9. The van der Waals surface area contributed by atoms with E-state index in [-0.39, 0.29) is 0 Å². The summed E-state index contributed by atoms with van der Waals surface area (Å²) in [5, 5.41) is 9.09. The summed E-state index contributed by atoms with van der Waals surface area (Å²) < 4.78 is 7.69. The average molecular weight is 372 g/mol. The molecule has 3 heterocycles. The summed E-state index contributed by atoms with van der Waals surface area (Å²) >= 11 is 0. The van der Waals surface area contributed by atoms with Crippen molar-refractivity contribution in [2.24, 2.45) is 13.0 Å². The number of benzene rings is 2. The van der Waals surface area contributed by atoms with Gasteiger partial charge in [0.15, 0.2) is 5.82 Å². The summed E-state index contributed by atoms with van der Waals surface area (Å²) in [6, 6.07) is 17.6. The van der Waals surface area contributed by atoms with Gasteiger partial charge in [0.05, 0.1) is 6.26 Å². The predicted octanol–water partition coefficient (Wildman–Crippen LogP) is 4.51. The molecule has 5 heteroatoms. The standard InChI is InChI=1S/C23H24N4O/c1-27-23(25-15-26-27)20-13-18-9-11-28-22(18)19(14-20)12-17-8-5-10-24-21(17)16-6-3-2-4-7-16/h2-4,6-7,9,11,13-15,17,21,24H,5,8,10,12H2,1H3/t17?,21-/m1/s1. The fourth-order valence-electron chi connectivity index (χ4n) is 4.50. The second kappa shape index (κ2) is 7.24. The van der Waals surface area contributed by atoms with E-state index in [0.29, 0.717) is 12.0 Å². The first kappa shape index (κ1) is 17.2. The summed E-state index contributed by atoms with van der Waals surface area (Å²) in [5.74, 6) is 1.41. The van der Waals surface area contributed by atoms with E-state index in [2.05, 4.69) is 57.9 Å². The van der Waals surface area contributed by atoms with E-state index in [9.17, 15) is 0 Å². The molecule has 5 rings (SSSR count). The number of piperidine rings is 1. The summed E-state index contributed by atoms with van der Waals surface area (Å²) in [6.45, 7) is 1.07. The molecular weight excluding hydrogens is 348 g/mol. The number of rotatable bonds is 4. The Labute approximate surface area is 164 Å². The minimum absolute atomic E-state index is 0.374. The molecule has 1 aliphatic heterocycles. The zero-order valence-corrected chi connectivity index (χ0v) is 16.0. The van der Waals surface area contributed by atoms with Gasteiger partial charge in [0.25, 0.3) is 0 Å². The van der Waals surface area contributed by atoms with Gasteiger partial charge in [-0.3, -0.25) is 0 Å². The van der Waals surface area contributed by atoms with Crippen LogP contribution in [0.4, 0.5) is 0 Å². The molecule has 142 valence electrons. The molecule has 0 spiro atoms. The SMILES string of the molecule is Cn1ncnc1-c1cc(CC2CCCN[C@@H]2c2ccccc2)c2occc2c1. The molecule has 0 radical (unpaired) electrons. The second-order valence-electron chi connectivity index (χ2n) is 7.63. The first-order chi connectivity index (χ1) is 13.8. The molecule has 1 N–H and O–H groups in total. The Balaban J connectivity index is 1.53. The Bertz CT molecular complexity index is 1080. The van der Waals surface area contributed by atoms with Crippen LogP contribution in [0.2, 0.25) is 0 Å². The molecule has 0 saturated carbocycles. The Morgan fingerprint density at radius 1 is 1.18 bits per heavy atom. The Hall–Kier alpha value is -2.92. The van der Waals surface area contributed by atoms with Crippen LogP contribution >= 0.6 is 0 Å². The van der Waals surface area contributed by atoms with E-state index in [0.717, 1.165) is 35.3 Å². The van der Waals surface area contributed by atoms with E-state index in [1.54, 1.807) is 12.6 Å². The van der Waals surface area contributed by atoms with Crippen LogP contribution in [-0.4, -0.2) is 21.3 Å². The summed E-state index contributed by atoms with van der Waals surface area (Å²) in [7, 11) is 1.93. The maximum absolute atomic E-state index is 5.87. The van der Waals surface area contributed by atoms with E-state index in [1.807, 2.05) is 17.8 Å². The highest BCUT2D eigenvalue weighted by Gasteiger charge is 2.27. The molecule has 1 unspecified atom stereocenters. The lowest BCUT2D eigenvalue weighted by Gasteiger charge is -2.33. The van der Waals surface area contributed by atoms with Crippen LogP contribution < -0.4 is 5.32 Å². The van der Waals surface area contributed by atoms with Crippen molar-refractivity contribution in [1.82, 2.24) is 20.1 Å². The molecule has 28 heavy (non-hydrogen) atoms. The minimum Gasteiger partial charge on any atom is -0.464 e. The second-order valence-corrected chi connectivity index (χ2v) is 7.63. The Kier molecular flexibility index (Phi) is 4.45. The van der Waals surface area contributed by atoms with Crippen LogP contribution in [0.25, 0.3) is 22.4 Å². The van der Waals surface area contributed by atoms with E-state index < -0.39 is 0 Å². The fraction of sp³-hybridized carbons (Fsp3) is 0.304. The number of nitrogens with zero attached hydrogens (tertiary/aromatic N) is 3. The summed E-state index contributed by atoms with van der Waals surface area (Å²) in [6.07, 6.45) is 6.77. The van der Waals surface area contributed by atoms with E-state index in [1.165, 1.54) is 24.0 Å². The van der Waals surface area contributed by atoms with E-state index >= 15 is 0 Å². The lowest BCUT2D eigenvalue weighted by molar-refractivity contribution is 0.282. The van der Waals surface area contributed by atoms with Gasteiger partial charge in [0.1, 0.15) is 11.9 Å². The number of hydrogen-bond acceptors (Lipinski definition) is 4. The highest BCUT2D eigenvalue weighted by Crippen LogP contribution is 2.35. The maximum atomic E-state index is 5.87. The van der Waals surface area contributed by atoms with Crippen molar-refractivity contribution in [2.45, 2.75) is 25.3 Å². The molecule has 1 fully saturated rings. The monoisotopic (exact) mass is 372 g/mol. The van der Waals surface area contributed by atoms with Crippen molar-refractivity contribution in [3.63, 3.8) is 0 Å². The molecular formula is C23H24N4O. The van der Waals surface area contributed by atoms with Gasteiger partial charge in [0, 0.05) is 24.0 Å². The molecule has 5 nitrogen and oxygen atoms in total. The molecule has 2 atom stereocenters. The van der Waals surface area contributed by atoms with Crippen LogP contribution in [0, 0.1) is 5.92 Å². The van der Waals surface area contributed by atoms with Crippen molar-refractivity contribution in [2.75, 3.05) is 6.54 Å². The van der Waals surface area contributed by atoms with Crippen LogP contribution in [0.1, 0.15) is 30.0 Å². The number of furan rings is 1. The quantitative estimate of drug-likeness (QED) is 0.573. The van der Waals surface area contributed by atoms with Crippen LogP contribution in [0.15, 0.2) is 65.5 Å². The number of aryl methyl sites for hydroxylation is 1. The van der Waals surface area contributed by atoms with E-state index in [4.69, 9.17) is 4.42 Å². The van der Waals surface area contributed by atoms with Gasteiger partial charge >= 0.3 is 0 Å². The van der Waals surface area contributed by atoms with Gasteiger partial charge in [-0.05, 0) is 61.1 Å². The van der Waals surface area contributed by atoms with Crippen molar-refractivity contribution in [3.8, 4) is 11.4 Å². The van der Waals surface area contributed by atoms with Gasteiger partial charge in [-0.15, -0.1) is 0 Å². The summed E-state index contributed by atoms with van der Waals surface area (Å²) in [5.41, 5.74) is 4.69. The third kappa shape index (κ3) is 3.12. The molecule has 2 aromatic carbocycles. The highest BCUT2D eigenvalue weighted by atomic mass is 16.3. The van der Waals surface area contributed by atoms with Crippen LogP contribution in [0.3, 0.4) is 0 Å². The van der Waals surface area contributed by atoms with Gasteiger partial charge in [-0.25, -0.2) is 9.67 Å². The summed E-state index contributed by atoms with van der Waals surface area (Å²) in [4.78, 5) is 4.44. The molecule has 1 aliphatic rings. The van der Waals surface area contributed by atoms with Crippen molar-refractivity contribution in [3.05, 3.63) is 72.2 Å². The molecule has 0 bridgehead atoms. The maximum Gasteiger partial charge on any atom is 0.157 e. The number of nitrogens with one attached hydrogen (secondary N) is 1. The topological polar surface area (TPSA) is 55.9 Å². The van der Waals surface area contributed by atoms with Gasteiger partial charge in [-0.1, -0.05) is 30.3 Å². The Morgan fingerprint density at radius 3 is 2.89 bits per heavy atom. The fourth-order valence-corrected chi connectivity index (χ4v) is 4.50. The largest absolute Gasteiger partial charge is 0.464 e. The highest BCUT2D eigenvalue weighted by molar-refractivity contribution is 5.85. The number of fused-ring (bicyclic) bond motifs is 1. The third-order valence-corrected chi connectivity index (χ3v) is 5.83. The van der Waals surface area contributed by atoms with Crippen LogP contribution in [0.5, 0.6) is 0 Å². The Morgan fingerprint density at radius 2 is 2.07 bits per heavy atom. The third-order valence-electron chi connectivity index (χ3n) is 5.83. The van der Waals surface area contributed by atoms with Gasteiger partial charge < -0.3 is 9.73 Å². The first-order valence-corrected chi connectivity index (χ1v) is 9.92. The van der Waals surface area contributed by atoms with Crippen molar-refractivity contribution >= 4 is 11.0 Å². The lowest BCUT2D eigenvalue weighted by atomic mass is 9.81. The molecule has 1 saturated heterocycles. The van der Waals surface area contributed by atoms with Crippen LogP contribution in [-0.2, 0) is 13.5 Å². The molecule has 0 amide bonds. The van der Waals surface area contributed by atoms with Crippen molar-refractivity contribution in [1.29, 1.82) is 0 Å². The van der Waals surface area contributed by atoms with Gasteiger partial charge in [-0.2, -0.15) is 5.10 Å². The lowest BCUT2D eigenvalue weighted by Crippen LogP contribution is -2.35. The number of aromatic nitrogens is 3. The number of hydrogen-bond donors (Lipinski definition) is 1.